The van der Waals surface area contributed by atoms with Crippen molar-refractivity contribution in [1.29, 1.82) is 0 Å². The average Bonchev–Trinajstić information content (AvgIpc) is 3.00. The van der Waals surface area contributed by atoms with E-state index in [-0.39, 0.29) is 5.82 Å². The van der Waals surface area contributed by atoms with Crippen LogP contribution in [0.25, 0.3) is 10.9 Å². The molecule has 1 N–H and O–H groups in total. The third-order valence-corrected chi connectivity index (χ3v) is 3.18. The summed E-state index contributed by atoms with van der Waals surface area (Å²) >= 11 is 0. The Labute approximate surface area is 92.5 Å². The number of carbonyl (C=O) groups is 1. The molecule has 0 spiro atoms. The predicted molar refractivity (Wildman–Crippen MR) is 60.4 cm³/mol. The molecule has 0 amide bonds. The van der Waals surface area contributed by atoms with Gasteiger partial charge in [-0.15, -0.1) is 0 Å². The molecule has 1 heterocycles. The maximum atomic E-state index is 13.7. The van der Waals surface area contributed by atoms with Gasteiger partial charge in [0.15, 0.2) is 6.29 Å². The van der Waals surface area contributed by atoms with E-state index >= 15 is 0 Å². The lowest BCUT2D eigenvalue weighted by atomic mass is 10.1. The molecule has 0 unspecified atom stereocenters. The Morgan fingerprint density at radius 3 is 2.81 bits per heavy atom. The summed E-state index contributed by atoms with van der Waals surface area (Å²) in [7, 11) is 0. The van der Waals surface area contributed by atoms with Crippen molar-refractivity contribution in [2.24, 2.45) is 0 Å². The van der Waals surface area contributed by atoms with Crippen LogP contribution in [-0.2, 0) is 0 Å². The van der Waals surface area contributed by atoms with E-state index in [1.807, 2.05) is 13.0 Å². The molecule has 0 atom stereocenters. The van der Waals surface area contributed by atoms with Crippen LogP contribution in [0.2, 0.25) is 0 Å². The lowest BCUT2D eigenvalue weighted by Crippen LogP contribution is -1.86. The summed E-state index contributed by atoms with van der Waals surface area (Å²) in [6.45, 7) is 1.83. The van der Waals surface area contributed by atoms with Gasteiger partial charge in [-0.3, -0.25) is 4.79 Å². The van der Waals surface area contributed by atoms with Crippen molar-refractivity contribution >= 4 is 17.2 Å². The number of rotatable bonds is 2. The van der Waals surface area contributed by atoms with E-state index in [0.717, 1.165) is 35.8 Å². The molecule has 16 heavy (non-hydrogen) atoms. The largest absolute Gasteiger partial charge is 0.355 e. The minimum atomic E-state index is -0.273. The summed E-state index contributed by atoms with van der Waals surface area (Å²) in [4.78, 5) is 14.2. The summed E-state index contributed by atoms with van der Waals surface area (Å²) < 4.78 is 13.7. The second-order valence-corrected chi connectivity index (χ2v) is 4.51. The molecule has 0 radical (unpaired) electrons. The van der Waals surface area contributed by atoms with Gasteiger partial charge in [-0.25, -0.2) is 4.39 Å². The van der Waals surface area contributed by atoms with E-state index in [9.17, 15) is 9.18 Å². The lowest BCUT2D eigenvalue weighted by molar-refractivity contribution is 0.112. The number of aryl methyl sites for hydroxylation is 1. The Morgan fingerprint density at radius 2 is 2.19 bits per heavy atom. The fourth-order valence-electron chi connectivity index (χ4n) is 2.25. The molecular weight excluding hydrogens is 205 g/mol. The number of benzene rings is 1. The van der Waals surface area contributed by atoms with Gasteiger partial charge >= 0.3 is 0 Å². The van der Waals surface area contributed by atoms with Crippen molar-refractivity contribution < 1.29 is 9.18 Å². The van der Waals surface area contributed by atoms with Gasteiger partial charge in [0.05, 0.1) is 5.52 Å². The van der Waals surface area contributed by atoms with Crippen LogP contribution in [-0.4, -0.2) is 11.3 Å². The first-order valence-corrected chi connectivity index (χ1v) is 5.47. The molecule has 1 aliphatic rings. The van der Waals surface area contributed by atoms with E-state index in [0.29, 0.717) is 17.0 Å². The van der Waals surface area contributed by atoms with Gasteiger partial charge in [0.25, 0.3) is 0 Å². The van der Waals surface area contributed by atoms with Gasteiger partial charge < -0.3 is 4.98 Å². The highest BCUT2D eigenvalue weighted by Gasteiger charge is 2.29. The van der Waals surface area contributed by atoms with Crippen LogP contribution in [0.15, 0.2) is 12.1 Å². The number of hydrogen-bond donors (Lipinski definition) is 1. The van der Waals surface area contributed by atoms with E-state index in [1.165, 1.54) is 6.07 Å². The van der Waals surface area contributed by atoms with Gasteiger partial charge in [-0.1, -0.05) is 0 Å². The molecule has 3 rings (SSSR count). The van der Waals surface area contributed by atoms with Crippen LogP contribution in [0.5, 0.6) is 0 Å². The SMILES string of the molecule is Cc1cc(F)c2[nH]c(C3CC3)c(C=O)c2c1. The molecule has 3 heteroatoms. The molecule has 82 valence electrons. The van der Waals surface area contributed by atoms with Gasteiger partial charge in [-0.05, 0) is 43.4 Å². The zero-order chi connectivity index (χ0) is 11.3. The Morgan fingerprint density at radius 1 is 1.44 bits per heavy atom. The second-order valence-electron chi connectivity index (χ2n) is 4.51. The Balaban J connectivity index is 2.37. The lowest BCUT2D eigenvalue weighted by Gasteiger charge is -1.96. The summed E-state index contributed by atoms with van der Waals surface area (Å²) in [6, 6.07) is 3.36. The number of hydrogen-bond acceptors (Lipinski definition) is 1. The second kappa shape index (κ2) is 3.17. The third kappa shape index (κ3) is 1.28. The van der Waals surface area contributed by atoms with Crippen molar-refractivity contribution in [2.75, 3.05) is 0 Å². The number of aromatic amines is 1. The number of nitrogens with one attached hydrogen (secondary N) is 1. The van der Waals surface area contributed by atoms with Gasteiger partial charge in [0, 0.05) is 16.6 Å². The van der Waals surface area contributed by atoms with E-state index in [2.05, 4.69) is 4.98 Å². The molecule has 0 bridgehead atoms. The average molecular weight is 217 g/mol. The van der Waals surface area contributed by atoms with Gasteiger partial charge in [-0.2, -0.15) is 0 Å². The molecule has 0 aliphatic heterocycles. The number of aromatic nitrogens is 1. The molecular formula is C13H12FNO. The topological polar surface area (TPSA) is 32.9 Å². The normalized spacial score (nSPS) is 15.6. The molecule has 0 saturated heterocycles. The third-order valence-electron chi connectivity index (χ3n) is 3.18. The summed E-state index contributed by atoms with van der Waals surface area (Å²) in [5, 5.41) is 0.717. The van der Waals surface area contributed by atoms with Crippen LogP contribution in [0.1, 0.15) is 40.4 Å². The Kier molecular flexibility index (Phi) is 1.90. The Hall–Kier alpha value is -1.64. The molecule has 1 aliphatic carbocycles. The highest BCUT2D eigenvalue weighted by atomic mass is 19.1. The van der Waals surface area contributed by atoms with Crippen molar-refractivity contribution in [2.45, 2.75) is 25.7 Å². The molecule has 2 aromatic rings. The highest BCUT2D eigenvalue weighted by Crippen LogP contribution is 2.43. The van der Waals surface area contributed by atoms with Crippen LogP contribution < -0.4 is 0 Å². The van der Waals surface area contributed by atoms with Crippen LogP contribution >= 0.6 is 0 Å². The monoisotopic (exact) mass is 217 g/mol. The summed E-state index contributed by atoms with van der Waals surface area (Å²) in [5.41, 5.74) is 2.86. The maximum absolute atomic E-state index is 13.7. The van der Waals surface area contributed by atoms with E-state index in [1.54, 1.807) is 0 Å². The van der Waals surface area contributed by atoms with Crippen molar-refractivity contribution in [3.8, 4) is 0 Å². The molecule has 2 nitrogen and oxygen atoms in total. The van der Waals surface area contributed by atoms with E-state index < -0.39 is 0 Å². The van der Waals surface area contributed by atoms with Crippen LogP contribution in [0.4, 0.5) is 4.39 Å². The van der Waals surface area contributed by atoms with Gasteiger partial charge in [0.2, 0.25) is 0 Å². The standard InChI is InChI=1S/C13H12FNO/c1-7-4-9-10(6-16)12(8-2-3-8)15-13(9)11(14)5-7/h4-6,8,15H,2-3H2,1H3. The van der Waals surface area contributed by atoms with Crippen molar-refractivity contribution in [3.63, 3.8) is 0 Å². The van der Waals surface area contributed by atoms with Crippen LogP contribution in [0, 0.1) is 12.7 Å². The number of halogens is 1. The predicted octanol–water partition coefficient (Wildman–Crippen LogP) is 3.31. The first kappa shape index (κ1) is 9.58. The smallest absolute Gasteiger partial charge is 0.152 e. The number of H-pyrrole nitrogens is 1. The zero-order valence-corrected chi connectivity index (χ0v) is 9.01. The first-order valence-electron chi connectivity index (χ1n) is 5.47. The van der Waals surface area contributed by atoms with Crippen molar-refractivity contribution in [1.82, 2.24) is 4.98 Å². The fourth-order valence-corrected chi connectivity index (χ4v) is 2.25. The molecule has 1 saturated carbocycles. The molecule has 1 fully saturated rings. The number of aldehydes is 1. The number of fused-ring (bicyclic) bond motifs is 1. The number of carbonyl (C=O) groups excluding carboxylic acids is 1. The molecule has 1 aromatic heterocycles. The maximum Gasteiger partial charge on any atom is 0.152 e. The Bertz CT molecular complexity index is 581. The fraction of sp³-hybridized carbons (Fsp3) is 0.308. The highest BCUT2D eigenvalue weighted by molar-refractivity contribution is 5.99. The van der Waals surface area contributed by atoms with Gasteiger partial charge in [0.1, 0.15) is 5.82 Å². The first-order chi connectivity index (χ1) is 7.70. The quantitative estimate of drug-likeness (QED) is 0.769. The van der Waals surface area contributed by atoms with Crippen molar-refractivity contribution in [3.05, 3.63) is 34.8 Å². The minimum absolute atomic E-state index is 0.273. The zero-order valence-electron chi connectivity index (χ0n) is 9.01. The minimum Gasteiger partial charge on any atom is -0.355 e. The molecule has 1 aromatic carbocycles. The van der Waals surface area contributed by atoms with Crippen LogP contribution in [0.3, 0.4) is 0 Å². The summed E-state index contributed by atoms with van der Waals surface area (Å²) in [5.74, 6) is 0.150. The van der Waals surface area contributed by atoms with E-state index in [4.69, 9.17) is 0 Å². The summed E-state index contributed by atoms with van der Waals surface area (Å²) in [6.07, 6.45) is 3.02.